The molecule has 0 amide bonds. The van der Waals surface area contributed by atoms with Crippen LogP contribution in [0.3, 0.4) is 0 Å². The van der Waals surface area contributed by atoms with Crippen molar-refractivity contribution in [3.63, 3.8) is 0 Å². The average molecular weight is 139 g/mol. The lowest BCUT2D eigenvalue weighted by atomic mass is 9.89. The van der Waals surface area contributed by atoms with E-state index in [2.05, 4.69) is 18.1 Å². The summed E-state index contributed by atoms with van der Waals surface area (Å²) in [6.07, 6.45) is 5.91. The molecule has 1 nitrogen and oxygen atoms in total. The first kappa shape index (κ1) is 7.80. The molecule has 1 saturated carbocycles. The molecule has 0 N–H and O–H groups in total. The van der Waals surface area contributed by atoms with Gasteiger partial charge in [-0.1, -0.05) is 6.42 Å². The van der Waals surface area contributed by atoms with Crippen molar-refractivity contribution in [2.24, 2.45) is 0 Å². The van der Waals surface area contributed by atoms with Crippen LogP contribution >= 0.6 is 0 Å². The fraction of sp³-hybridized carbons (Fsp3) is 0.778. The van der Waals surface area contributed by atoms with Gasteiger partial charge in [0.05, 0.1) is 0 Å². The fourth-order valence-electron chi connectivity index (χ4n) is 1.46. The van der Waals surface area contributed by atoms with Crippen LogP contribution in [0.1, 0.15) is 25.7 Å². The molecule has 2 rings (SSSR count). The summed E-state index contributed by atoms with van der Waals surface area (Å²) in [5.74, 6) is 0. The summed E-state index contributed by atoms with van der Waals surface area (Å²) in [5.41, 5.74) is 0. The van der Waals surface area contributed by atoms with Crippen LogP contribution in [0.4, 0.5) is 0 Å². The molecule has 0 spiro atoms. The molecule has 0 aromatic rings. The number of likely N-dealkylation sites (tertiary alicyclic amines) is 1. The van der Waals surface area contributed by atoms with E-state index in [1.54, 1.807) is 0 Å². The molecule has 1 saturated heterocycles. The molecule has 1 aliphatic heterocycles. The molecule has 10 heavy (non-hydrogen) atoms. The molecule has 0 aromatic heterocycles. The van der Waals surface area contributed by atoms with E-state index in [-0.39, 0.29) is 0 Å². The summed E-state index contributed by atoms with van der Waals surface area (Å²) in [5, 5.41) is 0. The highest BCUT2D eigenvalue weighted by atomic mass is 15.2. The third-order valence-corrected chi connectivity index (χ3v) is 2.48. The smallest absolute Gasteiger partial charge is 0.00952 e. The highest BCUT2D eigenvalue weighted by Gasteiger charge is 2.27. The predicted molar refractivity (Wildman–Crippen MR) is 45.1 cm³/mol. The minimum absolute atomic E-state index is 1.02. The SMILES string of the molecule is C1CC(N2CCC2)C1.C=C. The summed E-state index contributed by atoms with van der Waals surface area (Å²) in [7, 11) is 0. The van der Waals surface area contributed by atoms with Crippen molar-refractivity contribution in [1.29, 1.82) is 0 Å². The van der Waals surface area contributed by atoms with E-state index in [0.717, 1.165) is 6.04 Å². The van der Waals surface area contributed by atoms with Gasteiger partial charge in [0.25, 0.3) is 0 Å². The van der Waals surface area contributed by atoms with Gasteiger partial charge in [-0.3, -0.25) is 0 Å². The molecule has 2 fully saturated rings. The molecule has 1 heteroatoms. The first-order valence-electron chi connectivity index (χ1n) is 4.21. The van der Waals surface area contributed by atoms with Crippen molar-refractivity contribution in [3.8, 4) is 0 Å². The second-order valence-electron chi connectivity index (χ2n) is 2.97. The van der Waals surface area contributed by atoms with Gasteiger partial charge in [0.2, 0.25) is 0 Å². The number of rotatable bonds is 1. The molecule has 58 valence electrons. The van der Waals surface area contributed by atoms with Crippen LogP contribution in [0.2, 0.25) is 0 Å². The van der Waals surface area contributed by atoms with Crippen molar-refractivity contribution in [2.45, 2.75) is 31.7 Å². The number of hydrogen-bond donors (Lipinski definition) is 0. The van der Waals surface area contributed by atoms with Crippen LogP contribution in [-0.4, -0.2) is 24.0 Å². The Morgan fingerprint density at radius 3 is 1.70 bits per heavy atom. The minimum Gasteiger partial charge on any atom is -0.300 e. The Bertz CT molecular complexity index is 80.9. The lowest BCUT2D eigenvalue weighted by Crippen LogP contribution is -2.48. The average Bonchev–Trinajstić information content (AvgIpc) is 1.79. The van der Waals surface area contributed by atoms with Gasteiger partial charge in [-0.2, -0.15) is 0 Å². The molecule has 0 bridgehead atoms. The van der Waals surface area contributed by atoms with Crippen LogP contribution in [-0.2, 0) is 0 Å². The minimum atomic E-state index is 1.02. The van der Waals surface area contributed by atoms with Gasteiger partial charge in [-0.05, 0) is 32.4 Å². The Kier molecular flexibility index (Phi) is 2.94. The van der Waals surface area contributed by atoms with Gasteiger partial charge in [-0.25, -0.2) is 0 Å². The summed E-state index contributed by atoms with van der Waals surface area (Å²) in [4.78, 5) is 2.61. The number of nitrogens with zero attached hydrogens (tertiary/aromatic N) is 1. The van der Waals surface area contributed by atoms with E-state index in [4.69, 9.17) is 0 Å². The van der Waals surface area contributed by atoms with Crippen LogP contribution in [0.15, 0.2) is 13.2 Å². The first-order chi connectivity index (χ1) is 4.97. The Labute approximate surface area is 63.7 Å². The quantitative estimate of drug-likeness (QED) is 0.502. The van der Waals surface area contributed by atoms with E-state index in [9.17, 15) is 0 Å². The van der Waals surface area contributed by atoms with E-state index in [1.807, 2.05) is 0 Å². The molecular weight excluding hydrogens is 122 g/mol. The molecule has 0 unspecified atom stereocenters. The zero-order chi connectivity index (χ0) is 7.40. The summed E-state index contributed by atoms with van der Waals surface area (Å²) >= 11 is 0. The molecule has 2 aliphatic rings. The lowest BCUT2D eigenvalue weighted by Gasteiger charge is -2.43. The Balaban J connectivity index is 0.000000231. The van der Waals surface area contributed by atoms with E-state index in [1.165, 1.54) is 38.8 Å². The largest absolute Gasteiger partial charge is 0.300 e. The fourth-order valence-corrected chi connectivity index (χ4v) is 1.46. The van der Waals surface area contributed by atoms with Gasteiger partial charge >= 0.3 is 0 Å². The van der Waals surface area contributed by atoms with Gasteiger partial charge in [0.15, 0.2) is 0 Å². The van der Waals surface area contributed by atoms with E-state index >= 15 is 0 Å². The monoisotopic (exact) mass is 139 g/mol. The lowest BCUT2D eigenvalue weighted by molar-refractivity contribution is 0.0676. The van der Waals surface area contributed by atoms with Gasteiger partial charge < -0.3 is 4.90 Å². The Hall–Kier alpha value is -0.300. The van der Waals surface area contributed by atoms with Gasteiger partial charge in [0, 0.05) is 6.04 Å². The van der Waals surface area contributed by atoms with Crippen LogP contribution in [0.25, 0.3) is 0 Å². The molecule has 0 radical (unpaired) electrons. The van der Waals surface area contributed by atoms with Crippen molar-refractivity contribution >= 4 is 0 Å². The summed E-state index contributed by atoms with van der Waals surface area (Å²) < 4.78 is 0. The topological polar surface area (TPSA) is 3.24 Å². The van der Waals surface area contributed by atoms with Crippen molar-refractivity contribution in [3.05, 3.63) is 13.2 Å². The first-order valence-corrected chi connectivity index (χ1v) is 4.21. The normalized spacial score (nSPS) is 25.6. The molecular formula is C9H17N. The summed E-state index contributed by atoms with van der Waals surface area (Å²) in [6, 6.07) is 1.02. The maximum Gasteiger partial charge on any atom is 0.00952 e. The highest BCUT2D eigenvalue weighted by Crippen LogP contribution is 2.27. The van der Waals surface area contributed by atoms with Crippen LogP contribution in [0, 0.1) is 0 Å². The standard InChI is InChI=1S/C7H13N.C2H4/c1-3-7(4-1)8-5-2-6-8;1-2/h7H,1-6H2;1-2H2. The van der Waals surface area contributed by atoms with Gasteiger partial charge in [-0.15, -0.1) is 13.2 Å². The summed E-state index contributed by atoms with van der Waals surface area (Å²) in [6.45, 7) is 8.79. The third kappa shape index (κ3) is 1.40. The zero-order valence-electron chi connectivity index (χ0n) is 6.68. The van der Waals surface area contributed by atoms with Crippen LogP contribution in [0.5, 0.6) is 0 Å². The predicted octanol–water partition coefficient (Wildman–Crippen LogP) is 2.05. The maximum atomic E-state index is 3.00. The second kappa shape index (κ2) is 3.77. The molecule has 1 heterocycles. The number of hydrogen-bond acceptors (Lipinski definition) is 1. The van der Waals surface area contributed by atoms with Crippen molar-refractivity contribution in [1.82, 2.24) is 4.90 Å². The van der Waals surface area contributed by atoms with E-state index in [0.29, 0.717) is 0 Å². The Morgan fingerprint density at radius 2 is 1.60 bits per heavy atom. The molecule has 0 atom stereocenters. The van der Waals surface area contributed by atoms with Gasteiger partial charge in [0.1, 0.15) is 0 Å². The van der Waals surface area contributed by atoms with Crippen LogP contribution < -0.4 is 0 Å². The maximum absolute atomic E-state index is 3.00. The highest BCUT2D eigenvalue weighted by molar-refractivity contribution is 4.84. The molecule has 1 aliphatic carbocycles. The van der Waals surface area contributed by atoms with Crippen molar-refractivity contribution in [2.75, 3.05) is 13.1 Å². The zero-order valence-corrected chi connectivity index (χ0v) is 6.68. The van der Waals surface area contributed by atoms with E-state index < -0.39 is 0 Å². The third-order valence-electron chi connectivity index (χ3n) is 2.48. The molecule has 0 aromatic carbocycles. The van der Waals surface area contributed by atoms with Crippen molar-refractivity contribution < 1.29 is 0 Å². The second-order valence-corrected chi connectivity index (χ2v) is 2.97. The Morgan fingerprint density at radius 1 is 1.00 bits per heavy atom.